The molecular formula is C22H33N3O5. The molecule has 0 bridgehead atoms. The first-order valence-corrected chi connectivity index (χ1v) is 10.1. The number of ketones is 1. The fourth-order valence-electron chi connectivity index (χ4n) is 3.30. The highest BCUT2D eigenvalue weighted by molar-refractivity contribution is 5.94. The van der Waals surface area contributed by atoms with Crippen LogP contribution in [0.1, 0.15) is 45.1 Å². The molecule has 0 fully saturated rings. The van der Waals surface area contributed by atoms with E-state index in [1.54, 1.807) is 0 Å². The Kier molecular flexibility index (Phi) is 10.2. The van der Waals surface area contributed by atoms with Gasteiger partial charge in [-0.3, -0.25) is 19.2 Å². The number of aliphatic carboxylic acids is 1. The number of unbranched alkanes of at least 4 members (excludes halogenated alkanes) is 1. The molecule has 8 nitrogen and oxygen atoms in total. The first-order chi connectivity index (χ1) is 14.1. The Morgan fingerprint density at radius 1 is 1.00 bits per heavy atom. The first kappa shape index (κ1) is 25.3. The van der Waals surface area contributed by atoms with Crippen molar-refractivity contribution < 1.29 is 24.3 Å². The van der Waals surface area contributed by atoms with Gasteiger partial charge in [0.1, 0.15) is 6.04 Å². The smallest absolute Gasteiger partial charge is 0.305 e. The third-order valence-corrected chi connectivity index (χ3v) is 5.21. The number of carboxylic acids is 1. The quantitative estimate of drug-likeness (QED) is 0.529. The van der Waals surface area contributed by atoms with Gasteiger partial charge in [-0.05, 0) is 25.3 Å². The van der Waals surface area contributed by atoms with Crippen LogP contribution in [-0.4, -0.2) is 70.7 Å². The summed E-state index contributed by atoms with van der Waals surface area (Å²) < 4.78 is 0. The standard InChI is InChI=1S/C22H33N3O5/c1-5-6-12-17(23)21(29)25(4)19(14-20(27)28)22(30)24(3)18(15(2)26)13-16-10-8-7-9-11-16/h7-11,17-19H,5-6,12-14,23H2,1-4H3,(H,27,28)/t17-,18-,19+/m0/s1. The average Bonchev–Trinajstić information content (AvgIpc) is 2.72. The van der Waals surface area contributed by atoms with Crippen LogP contribution in [0.5, 0.6) is 0 Å². The summed E-state index contributed by atoms with van der Waals surface area (Å²) in [5, 5.41) is 9.30. The van der Waals surface area contributed by atoms with Crippen LogP contribution in [0.2, 0.25) is 0 Å². The van der Waals surface area contributed by atoms with Gasteiger partial charge < -0.3 is 20.6 Å². The minimum Gasteiger partial charge on any atom is -0.481 e. The van der Waals surface area contributed by atoms with Gasteiger partial charge in [0, 0.05) is 14.1 Å². The Balaban J connectivity index is 3.07. The van der Waals surface area contributed by atoms with Gasteiger partial charge in [-0.15, -0.1) is 0 Å². The van der Waals surface area contributed by atoms with E-state index >= 15 is 0 Å². The van der Waals surface area contributed by atoms with Crippen molar-refractivity contribution in [2.45, 2.75) is 64.1 Å². The van der Waals surface area contributed by atoms with Crippen molar-refractivity contribution in [1.82, 2.24) is 9.80 Å². The molecule has 1 rings (SSSR count). The molecule has 0 aromatic heterocycles. The highest BCUT2D eigenvalue weighted by Crippen LogP contribution is 2.15. The van der Waals surface area contributed by atoms with Crippen LogP contribution in [0.15, 0.2) is 30.3 Å². The molecule has 0 saturated heterocycles. The highest BCUT2D eigenvalue weighted by Gasteiger charge is 2.36. The van der Waals surface area contributed by atoms with E-state index in [1.807, 2.05) is 37.3 Å². The van der Waals surface area contributed by atoms with Crippen LogP contribution >= 0.6 is 0 Å². The maximum atomic E-state index is 13.2. The molecule has 0 unspecified atom stereocenters. The van der Waals surface area contributed by atoms with Gasteiger partial charge in [-0.2, -0.15) is 0 Å². The lowest BCUT2D eigenvalue weighted by Crippen LogP contribution is -2.56. The lowest BCUT2D eigenvalue weighted by atomic mass is 10.00. The third kappa shape index (κ3) is 7.26. The summed E-state index contributed by atoms with van der Waals surface area (Å²) in [5.74, 6) is -2.53. The molecule has 8 heteroatoms. The summed E-state index contributed by atoms with van der Waals surface area (Å²) in [4.78, 5) is 51.8. The monoisotopic (exact) mass is 419 g/mol. The van der Waals surface area contributed by atoms with Crippen molar-refractivity contribution in [3.8, 4) is 0 Å². The van der Waals surface area contributed by atoms with Crippen LogP contribution in [0.4, 0.5) is 0 Å². The largest absolute Gasteiger partial charge is 0.481 e. The predicted octanol–water partition coefficient (Wildman–Crippen LogP) is 1.46. The Morgan fingerprint density at radius 2 is 1.57 bits per heavy atom. The number of Topliss-reactive ketones (excluding diaryl/α,β-unsaturated/α-hetero) is 1. The number of nitrogens with zero attached hydrogens (tertiary/aromatic N) is 2. The topological polar surface area (TPSA) is 121 Å². The van der Waals surface area contributed by atoms with E-state index in [4.69, 9.17) is 5.73 Å². The van der Waals surface area contributed by atoms with Gasteiger partial charge in [0.2, 0.25) is 11.8 Å². The Labute approximate surface area is 178 Å². The van der Waals surface area contributed by atoms with Crippen LogP contribution in [0, 0.1) is 0 Å². The molecule has 0 spiro atoms. The van der Waals surface area contributed by atoms with Gasteiger partial charge >= 0.3 is 5.97 Å². The fourth-order valence-corrected chi connectivity index (χ4v) is 3.30. The van der Waals surface area contributed by atoms with Crippen molar-refractivity contribution in [3.63, 3.8) is 0 Å². The molecule has 0 aliphatic carbocycles. The number of likely N-dealkylation sites (N-methyl/N-ethyl adjacent to an activating group) is 2. The number of amides is 2. The van der Waals surface area contributed by atoms with Crippen molar-refractivity contribution in [3.05, 3.63) is 35.9 Å². The van der Waals surface area contributed by atoms with E-state index in [0.717, 1.165) is 23.3 Å². The highest BCUT2D eigenvalue weighted by atomic mass is 16.4. The van der Waals surface area contributed by atoms with Crippen molar-refractivity contribution in [2.24, 2.45) is 5.73 Å². The van der Waals surface area contributed by atoms with E-state index in [9.17, 15) is 24.3 Å². The first-order valence-electron chi connectivity index (χ1n) is 10.1. The number of carbonyl (C=O) groups is 4. The number of hydrogen-bond acceptors (Lipinski definition) is 5. The number of rotatable bonds is 12. The summed E-state index contributed by atoms with van der Waals surface area (Å²) in [7, 11) is 2.84. The Hall–Kier alpha value is -2.74. The van der Waals surface area contributed by atoms with E-state index in [1.165, 1.54) is 25.9 Å². The summed E-state index contributed by atoms with van der Waals surface area (Å²) >= 11 is 0. The number of carboxylic acid groups (broad SMARTS) is 1. The molecule has 30 heavy (non-hydrogen) atoms. The van der Waals surface area contributed by atoms with Gasteiger partial charge in [-0.1, -0.05) is 50.1 Å². The molecule has 0 aliphatic rings. The molecule has 1 aromatic carbocycles. The molecule has 0 saturated carbocycles. The molecule has 2 amide bonds. The minimum atomic E-state index is -1.25. The number of hydrogen-bond donors (Lipinski definition) is 2. The van der Waals surface area contributed by atoms with E-state index < -0.39 is 42.3 Å². The number of carbonyl (C=O) groups excluding carboxylic acids is 3. The zero-order valence-electron chi connectivity index (χ0n) is 18.2. The molecule has 3 N–H and O–H groups in total. The maximum Gasteiger partial charge on any atom is 0.305 e. The molecule has 3 atom stereocenters. The zero-order valence-corrected chi connectivity index (χ0v) is 18.2. The summed E-state index contributed by atoms with van der Waals surface area (Å²) in [6.45, 7) is 3.36. The molecule has 166 valence electrons. The molecule has 0 aliphatic heterocycles. The number of nitrogens with two attached hydrogens (primary N) is 1. The van der Waals surface area contributed by atoms with Crippen LogP contribution in [0.25, 0.3) is 0 Å². The summed E-state index contributed by atoms with van der Waals surface area (Å²) in [6.07, 6.45) is 1.80. The van der Waals surface area contributed by atoms with Gasteiger partial charge in [0.15, 0.2) is 5.78 Å². The summed E-state index contributed by atoms with van der Waals surface area (Å²) in [6, 6.07) is 6.41. The van der Waals surface area contributed by atoms with Crippen molar-refractivity contribution in [1.29, 1.82) is 0 Å². The SMILES string of the molecule is CCCC[C@H](N)C(=O)N(C)[C@H](CC(=O)O)C(=O)N(C)[C@@H](Cc1ccccc1)C(C)=O. The molecule has 0 radical (unpaired) electrons. The predicted molar refractivity (Wildman–Crippen MR) is 114 cm³/mol. The van der Waals surface area contributed by atoms with Gasteiger partial charge in [0.05, 0.1) is 18.5 Å². The van der Waals surface area contributed by atoms with Gasteiger partial charge in [-0.25, -0.2) is 0 Å². The van der Waals surface area contributed by atoms with E-state index in [2.05, 4.69) is 0 Å². The van der Waals surface area contributed by atoms with E-state index in [0.29, 0.717) is 12.8 Å². The second-order valence-corrected chi connectivity index (χ2v) is 7.58. The molecule has 1 aromatic rings. The minimum absolute atomic E-state index is 0.225. The average molecular weight is 420 g/mol. The third-order valence-electron chi connectivity index (χ3n) is 5.21. The van der Waals surface area contributed by atoms with Crippen LogP contribution in [-0.2, 0) is 25.6 Å². The Morgan fingerprint density at radius 3 is 2.07 bits per heavy atom. The maximum absolute atomic E-state index is 13.2. The van der Waals surface area contributed by atoms with E-state index in [-0.39, 0.29) is 5.78 Å². The van der Waals surface area contributed by atoms with Crippen molar-refractivity contribution >= 4 is 23.6 Å². The second-order valence-electron chi connectivity index (χ2n) is 7.58. The molecule has 0 heterocycles. The fraction of sp³-hybridized carbons (Fsp3) is 0.545. The lowest BCUT2D eigenvalue weighted by molar-refractivity contribution is -0.151. The number of benzene rings is 1. The second kappa shape index (κ2) is 12.1. The van der Waals surface area contributed by atoms with Crippen LogP contribution in [0.3, 0.4) is 0 Å². The molecular weight excluding hydrogens is 386 g/mol. The van der Waals surface area contributed by atoms with Crippen molar-refractivity contribution in [2.75, 3.05) is 14.1 Å². The normalized spacial score (nSPS) is 13.8. The summed E-state index contributed by atoms with van der Waals surface area (Å²) in [5.41, 5.74) is 6.81. The van der Waals surface area contributed by atoms with Crippen LogP contribution < -0.4 is 5.73 Å². The zero-order chi connectivity index (χ0) is 22.8. The Bertz CT molecular complexity index is 738. The lowest BCUT2D eigenvalue weighted by Gasteiger charge is -2.34. The van der Waals surface area contributed by atoms with Gasteiger partial charge in [0.25, 0.3) is 0 Å².